The van der Waals surface area contributed by atoms with Crippen molar-refractivity contribution in [1.82, 2.24) is 20.3 Å². The Hall–Kier alpha value is -1.52. The number of hydrogen-bond donors (Lipinski definition) is 0. The standard InChI is InChI=1S/C5H4N4O/c1-3-4-5(10-9-3)8-7-2-6-4/h2H,1H3. The van der Waals surface area contributed by atoms with Crippen LogP contribution in [0.1, 0.15) is 5.69 Å². The largest absolute Gasteiger partial charge is 0.332 e. The van der Waals surface area contributed by atoms with Gasteiger partial charge in [-0.15, -0.1) is 10.2 Å². The maximum atomic E-state index is 4.76. The maximum Gasteiger partial charge on any atom is 0.295 e. The third kappa shape index (κ3) is 0.570. The van der Waals surface area contributed by atoms with Gasteiger partial charge in [0.05, 0.1) is 0 Å². The summed E-state index contributed by atoms with van der Waals surface area (Å²) >= 11 is 0. The van der Waals surface area contributed by atoms with E-state index in [2.05, 4.69) is 20.3 Å². The fourth-order valence-corrected chi connectivity index (χ4v) is 0.729. The third-order valence-electron chi connectivity index (χ3n) is 1.20. The minimum absolute atomic E-state index is 0.389. The summed E-state index contributed by atoms with van der Waals surface area (Å²) < 4.78 is 4.76. The first-order valence-electron chi connectivity index (χ1n) is 2.77. The minimum Gasteiger partial charge on any atom is -0.332 e. The number of nitrogens with zero attached hydrogens (tertiary/aromatic N) is 4. The molecule has 0 spiro atoms. The lowest BCUT2D eigenvalue weighted by Gasteiger charge is -1.79. The van der Waals surface area contributed by atoms with Crippen molar-refractivity contribution in [3.63, 3.8) is 0 Å². The Morgan fingerprint density at radius 3 is 3.20 bits per heavy atom. The van der Waals surface area contributed by atoms with Crippen LogP contribution in [0, 0.1) is 6.92 Å². The molecule has 0 atom stereocenters. The maximum absolute atomic E-state index is 4.76. The van der Waals surface area contributed by atoms with Crippen molar-refractivity contribution in [1.29, 1.82) is 0 Å². The van der Waals surface area contributed by atoms with Gasteiger partial charge in [-0.2, -0.15) is 0 Å². The molecule has 2 heterocycles. The van der Waals surface area contributed by atoms with E-state index in [0.717, 1.165) is 5.69 Å². The second-order valence-electron chi connectivity index (χ2n) is 1.88. The highest BCUT2D eigenvalue weighted by Crippen LogP contribution is 2.08. The highest BCUT2D eigenvalue weighted by atomic mass is 16.5. The molecule has 0 fully saturated rings. The Bertz CT molecular complexity index is 355. The first-order chi connectivity index (χ1) is 4.88. The van der Waals surface area contributed by atoms with E-state index in [4.69, 9.17) is 4.52 Å². The highest BCUT2D eigenvalue weighted by molar-refractivity contribution is 5.68. The predicted molar refractivity (Wildman–Crippen MR) is 32.1 cm³/mol. The summed E-state index contributed by atoms with van der Waals surface area (Å²) in [5, 5.41) is 10.8. The highest BCUT2D eigenvalue weighted by Gasteiger charge is 2.03. The molecule has 0 amide bonds. The van der Waals surface area contributed by atoms with Gasteiger partial charge in [0.15, 0.2) is 5.52 Å². The molecule has 0 aliphatic carbocycles. The van der Waals surface area contributed by atoms with E-state index < -0.39 is 0 Å². The second-order valence-corrected chi connectivity index (χ2v) is 1.88. The van der Waals surface area contributed by atoms with Gasteiger partial charge in [-0.3, -0.25) is 0 Å². The Balaban J connectivity index is 2.93. The number of aryl methyl sites for hydroxylation is 1. The average molecular weight is 136 g/mol. The van der Waals surface area contributed by atoms with Gasteiger partial charge in [0.1, 0.15) is 12.0 Å². The molecule has 0 aliphatic heterocycles. The van der Waals surface area contributed by atoms with Crippen LogP contribution in [-0.4, -0.2) is 20.3 Å². The zero-order valence-electron chi connectivity index (χ0n) is 5.27. The molecule has 2 rings (SSSR count). The van der Waals surface area contributed by atoms with Crippen LogP contribution in [0.5, 0.6) is 0 Å². The number of rotatable bonds is 0. The first-order valence-corrected chi connectivity index (χ1v) is 2.77. The third-order valence-corrected chi connectivity index (χ3v) is 1.20. The van der Waals surface area contributed by atoms with Crippen molar-refractivity contribution in [3.8, 4) is 0 Å². The van der Waals surface area contributed by atoms with E-state index in [9.17, 15) is 0 Å². The minimum atomic E-state index is 0.389. The Morgan fingerprint density at radius 2 is 2.40 bits per heavy atom. The Morgan fingerprint density at radius 1 is 1.50 bits per heavy atom. The summed E-state index contributed by atoms with van der Waals surface area (Å²) in [7, 11) is 0. The number of aromatic nitrogens is 4. The molecular formula is C5H4N4O. The molecule has 2 aromatic heterocycles. The zero-order chi connectivity index (χ0) is 6.97. The summed E-state index contributed by atoms with van der Waals surface area (Å²) in [5.74, 6) is 0. The molecule has 2 aromatic rings. The lowest BCUT2D eigenvalue weighted by Crippen LogP contribution is -1.82. The van der Waals surface area contributed by atoms with Gasteiger partial charge in [-0.25, -0.2) is 4.98 Å². The molecule has 50 valence electrons. The van der Waals surface area contributed by atoms with E-state index in [0.29, 0.717) is 11.2 Å². The zero-order valence-corrected chi connectivity index (χ0v) is 5.27. The van der Waals surface area contributed by atoms with Crippen molar-refractivity contribution in [2.75, 3.05) is 0 Å². The van der Waals surface area contributed by atoms with Crippen LogP contribution in [0.4, 0.5) is 0 Å². The van der Waals surface area contributed by atoms with E-state index in [-0.39, 0.29) is 0 Å². The first kappa shape index (κ1) is 5.28. The normalized spacial score (nSPS) is 10.5. The Labute approximate surface area is 56.1 Å². The van der Waals surface area contributed by atoms with Crippen molar-refractivity contribution in [2.45, 2.75) is 6.92 Å². The van der Waals surface area contributed by atoms with Gasteiger partial charge in [-0.1, -0.05) is 5.16 Å². The van der Waals surface area contributed by atoms with Crippen LogP contribution in [0.3, 0.4) is 0 Å². The summed E-state index contributed by atoms with van der Waals surface area (Å²) in [6.07, 6.45) is 1.37. The molecule has 5 heteroatoms. The second kappa shape index (κ2) is 1.73. The molecule has 5 nitrogen and oxygen atoms in total. The van der Waals surface area contributed by atoms with Crippen LogP contribution >= 0.6 is 0 Å². The summed E-state index contributed by atoms with van der Waals surface area (Å²) in [6.45, 7) is 1.81. The molecule has 10 heavy (non-hydrogen) atoms. The number of hydrogen-bond acceptors (Lipinski definition) is 5. The van der Waals surface area contributed by atoms with Crippen LogP contribution in [0.2, 0.25) is 0 Å². The summed E-state index contributed by atoms with van der Waals surface area (Å²) in [5.41, 5.74) is 1.81. The Kier molecular flexibility index (Phi) is 0.913. The van der Waals surface area contributed by atoms with Crippen LogP contribution in [0.15, 0.2) is 10.9 Å². The molecule has 0 saturated carbocycles. The smallest absolute Gasteiger partial charge is 0.295 e. The molecule has 0 aromatic carbocycles. The topological polar surface area (TPSA) is 64.7 Å². The van der Waals surface area contributed by atoms with E-state index in [1.165, 1.54) is 6.33 Å². The van der Waals surface area contributed by atoms with Crippen molar-refractivity contribution >= 4 is 11.2 Å². The average Bonchev–Trinajstić information content (AvgIpc) is 2.34. The lowest BCUT2D eigenvalue weighted by atomic mass is 10.4. The monoisotopic (exact) mass is 136 g/mol. The van der Waals surface area contributed by atoms with E-state index in [1.807, 2.05) is 0 Å². The van der Waals surface area contributed by atoms with E-state index in [1.54, 1.807) is 6.92 Å². The molecule has 0 aliphatic rings. The molecule has 0 N–H and O–H groups in total. The van der Waals surface area contributed by atoms with Gasteiger partial charge < -0.3 is 4.52 Å². The molecule has 0 saturated heterocycles. The SMILES string of the molecule is Cc1noc2nncnc12. The van der Waals surface area contributed by atoms with Gasteiger partial charge >= 0.3 is 0 Å². The predicted octanol–water partition coefficient (Wildman–Crippen LogP) is 0.321. The molecule has 0 bridgehead atoms. The van der Waals surface area contributed by atoms with Gasteiger partial charge in [-0.05, 0) is 6.92 Å². The van der Waals surface area contributed by atoms with Gasteiger partial charge in [0.25, 0.3) is 5.71 Å². The van der Waals surface area contributed by atoms with Crippen molar-refractivity contribution in [3.05, 3.63) is 12.0 Å². The molecule has 0 unspecified atom stereocenters. The van der Waals surface area contributed by atoms with Crippen LogP contribution < -0.4 is 0 Å². The summed E-state index contributed by atoms with van der Waals surface area (Å²) in [4.78, 5) is 3.91. The van der Waals surface area contributed by atoms with Crippen molar-refractivity contribution in [2.24, 2.45) is 0 Å². The lowest BCUT2D eigenvalue weighted by molar-refractivity contribution is 0.440. The number of fused-ring (bicyclic) bond motifs is 1. The quantitative estimate of drug-likeness (QED) is 0.521. The van der Waals surface area contributed by atoms with Crippen molar-refractivity contribution < 1.29 is 4.52 Å². The van der Waals surface area contributed by atoms with Crippen LogP contribution in [0.25, 0.3) is 11.2 Å². The fourth-order valence-electron chi connectivity index (χ4n) is 0.729. The van der Waals surface area contributed by atoms with Gasteiger partial charge in [0, 0.05) is 0 Å². The summed E-state index contributed by atoms with van der Waals surface area (Å²) in [6, 6.07) is 0. The molecular weight excluding hydrogens is 132 g/mol. The van der Waals surface area contributed by atoms with Crippen LogP contribution in [-0.2, 0) is 0 Å². The molecule has 0 radical (unpaired) electrons. The fraction of sp³-hybridized carbons (Fsp3) is 0.200. The van der Waals surface area contributed by atoms with Gasteiger partial charge in [0.2, 0.25) is 0 Å². The van der Waals surface area contributed by atoms with E-state index >= 15 is 0 Å².